The summed E-state index contributed by atoms with van der Waals surface area (Å²) in [6.07, 6.45) is 1.96. The Morgan fingerprint density at radius 1 is 1.07 bits per heavy atom. The number of rotatable bonds is 8. The maximum atomic E-state index is 12.3. The molecule has 0 aliphatic heterocycles. The van der Waals surface area contributed by atoms with Gasteiger partial charge in [0.1, 0.15) is 0 Å². The van der Waals surface area contributed by atoms with Gasteiger partial charge in [0.15, 0.2) is 0 Å². The summed E-state index contributed by atoms with van der Waals surface area (Å²) in [5.41, 5.74) is 1.64. The second-order valence-electron chi connectivity index (χ2n) is 6.23. The Hall–Kier alpha value is -2.02. The van der Waals surface area contributed by atoms with E-state index >= 15 is 0 Å². The van der Waals surface area contributed by atoms with Gasteiger partial charge >= 0.3 is 0 Å². The Balaban J connectivity index is 1.84. The SMILES string of the molecule is CSc1ccccc1NC(=O)CN(C)CC(=O)N[C@H](C)c1ccccc1Cl. The zero-order valence-electron chi connectivity index (χ0n) is 15.7. The molecule has 0 radical (unpaired) electrons. The number of benzene rings is 2. The van der Waals surface area contributed by atoms with Crippen molar-refractivity contribution in [1.82, 2.24) is 10.2 Å². The third kappa shape index (κ3) is 6.57. The van der Waals surface area contributed by atoms with Gasteiger partial charge in [-0.05, 0) is 44.0 Å². The van der Waals surface area contributed by atoms with Gasteiger partial charge in [-0.15, -0.1) is 11.8 Å². The molecule has 0 aliphatic rings. The van der Waals surface area contributed by atoms with Crippen molar-refractivity contribution in [1.29, 1.82) is 0 Å². The molecule has 0 aliphatic carbocycles. The predicted octanol–water partition coefficient (Wildman–Crippen LogP) is 3.81. The summed E-state index contributed by atoms with van der Waals surface area (Å²) in [4.78, 5) is 27.2. The predicted molar refractivity (Wildman–Crippen MR) is 112 cm³/mol. The summed E-state index contributed by atoms with van der Waals surface area (Å²) in [5.74, 6) is -0.326. The second kappa shape index (κ2) is 10.3. The van der Waals surface area contributed by atoms with E-state index in [1.807, 2.05) is 55.6 Å². The molecule has 0 aromatic heterocycles. The first-order valence-electron chi connectivity index (χ1n) is 8.56. The molecule has 0 bridgehead atoms. The Bertz CT molecular complexity index is 800. The van der Waals surface area contributed by atoms with Crippen LogP contribution >= 0.6 is 23.4 Å². The van der Waals surface area contributed by atoms with Crippen molar-refractivity contribution in [3.63, 3.8) is 0 Å². The molecule has 0 saturated carbocycles. The molecule has 144 valence electrons. The van der Waals surface area contributed by atoms with E-state index in [4.69, 9.17) is 11.6 Å². The maximum absolute atomic E-state index is 12.3. The van der Waals surface area contributed by atoms with Crippen LogP contribution in [-0.2, 0) is 9.59 Å². The summed E-state index contributed by atoms with van der Waals surface area (Å²) in [7, 11) is 1.74. The van der Waals surface area contributed by atoms with Crippen molar-refractivity contribution in [3.8, 4) is 0 Å². The number of carbonyl (C=O) groups is 2. The van der Waals surface area contributed by atoms with Crippen molar-refractivity contribution >= 4 is 40.9 Å². The third-order valence-electron chi connectivity index (χ3n) is 3.96. The van der Waals surface area contributed by atoms with E-state index < -0.39 is 0 Å². The van der Waals surface area contributed by atoms with Crippen LogP contribution in [0.2, 0.25) is 5.02 Å². The van der Waals surface area contributed by atoms with Crippen LogP contribution in [0.1, 0.15) is 18.5 Å². The lowest BCUT2D eigenvalue weighted by molar-refractivity contribution is -0.123. The molecule has 5 nitrogen and oxygen atoms in total. The number of halogens is 1. The first-order valence-corrected chi connectivity index (χ1v) is 10.2. The lowest BCUT2D eigenvalue weighted by Gasteiger charge is -2.20. The van der Waals surface area contributed by atoms with E-state index in [0.29, 0.717) is 5.02 Å². The molecule has 0 unspecified atom stereocenters. The molecule has 0 saturated heterocycles. The van der Waals surface area contributed by atoms with E-state index in [0.717, 1.165) is 16.1 Å². The number of likely N-dealkylation sites (N-methyl/N-ethyl adjacent to an activating group) is 1. The first-order chi connectivity index (χ1) is 12.9. The minimum atomic E-state index is -0.207. The fraction of sp³-hybridized carbons (Fsp3) is 0.300. The van der Waals surface area contributed by atoms with Crippen LogP contribution in [-0.4, -0.2) is 43.1 Å². The Morgan fingerprint density at radius 3 is 2.41 bits per heavy atom. The number of nitrogens with zero attached hydrogens (tertiary/aromatic N) is 1. The number of carbonyl (C=O) groups excluding carboxylic acids is 2. The van der Waals surface area contributed by atoms with E-state index in [1.54, 1.807) is 29.8 Å². The van der Waals surface area contributed by atoms with Crippen molar-refractivity contribution in [2.24, 2.45) is 0 Å². The van der Waals surface area contributed by atoms with E-state index in [-0.39, 0.29) is 30.9 Å². The quantitative estimate of drug-likeness (QED) is 0.655. The maximum Gasteiger partial charge on any atom is 0.238 e. The molecular weight excluding hydrogens is 382 g/mol. The molecule has 2 aromatic carbocycles. The summed E-state index contributed by atoms with van der Waals surface area (Å²) in [6.45, 7) is 2.12. The molecule has 2 N–H and O–H groups in total. The smallest absolute Gasteiger partial charge is 0.238 e. The van der Waals surface area contributed by atoms with E-state index in [1.165, 1.54) is 0 Å². The average Bonchev–Trinajstić information content (AvgIpc) is 2.61. The van der Waals surface area contributed by atoms with Crippen LogP contribution in [0.15, 0.2) is 53.4 Å². The standard InChI is InChI=1S/C20H24ClN3O2S/c1-14(15-8-4-5-9-16(15)21)22-19(25)12-24(2)13-20(26)23-17-10-6-7-11-18(17)27-3/h4-11,14H,12-13H2,1-3H3,(H,22,25)(H,23,26)/t14-/m1/s1. The highest BCUT2D eigenvalue weighted by Crippen LogP contribution is 2.24. The van der Waals surface area contributed by atoms with Crippen molar-refractivity contribution < 1.29 is 9.59 Å². The number of nitrogens with one attached hydrogen (secondary N) is 2. The zero-order valence-corrected chi connectivity index (χ0v) is 17.2. The highest BCUT2D eigenvalue weighted by molar-refractivity contribution is 7.98. The van der Waals surface area contributed by atoms with Gasteiger partial charge in [-0.2, -0.15) is 0 Å². The molecule has 0 fully saturated rings. The second-order valence-corrected chi connectivity index (χ2v) is 7.49. The topological polar surface area (TPSA) is 61.4 Å². The van der Waals surface area contributed by atoms with Crippen molar-refractivity contribution in [2.45, 2.75) is 17.9 Å². The Kier molecular flexibility index (Phi) is 8.16. The number of anilines is 1. The first kappa shape index (κ1) is 21.3. The van der Waals surface area contributed by atoms with Gasteiger partial charge in [0.05, 0.1) is 24.8 Å². The van der Waals surface area contributed by atoms with Gasteiger partial charge in [-0.25, -0.2) is 0 Å². The number of hydrogen-bond donors (Lipinski definition) is 2. The van der Waals surface area contributed by atoms with Gasteiger partial charge in [0.25, 0.3) is 0 Å². The number of thioether (sulfide) groups is 1. The molecule has 2 aromatic rings. The minimum absolute atomic E-state index is 0.117. The molecule has 7 heteroatoms. The summed E-state index contributed by atoms with van der Waals surface area (Å²) < 4.78 is 0. The molecule has 0 heterocycles. The molecule has 27 heavy (non-hydrogen) atoms. The highest BCUT2D eigenvalue weighted by Gasteiger charge is 2.15. The normalized spacial score (nSPS) is 11.9. The van der Waals surface area contributed by atoms with Gasteiger partial charge in [0.2, 0.25) is 11.8 Å². The van der Waals surface area contributed by atoms with Crippen LogP contribution in [0, 0.1) is 0 Å². The number of hydrogen-bond acceptors (Lipinski definition) is 4. The van der Waals surface area contributed by atoms with Crippen molar-refractivity contribution in [3.05, 3.63) is 59.1 Å². The molecule has 2 amide bonds. The van der Waals surface area contributed by atoms with Crippen LogP contribution in [0.25, 0.3) is 0 Å². The summed E-state index contributed by atoms with van der Waals surface area (Å²) >= 11 is 7.73. The monoisotopic (exact) mass is 405 g/mol. The Labute approximate surface area is 169 Å². The van der Waals surface area contributed by atoms with E-state index in [9.17, 15) is 9.59 Å². The van der Waals surface area contributed by atoms with Gasteiger partial charge in [0, 0.05) is 9.92 Å². The van der Waals surface area contributed by atoms with Crippen LogP contribution in [0.4, 0.5) is 5.69 Å². The van der Waals surface area contributed by atoms with Gasteiger partial charge in [-0.1, -0.05) is 41.9 Å². The molecular formula is C20H24ClN3O2S. The largest absolute Gasteiger partial charge is 0.348 e. The molecule has 0 spiro atoms. The number of para-hydroxylation sites is 1. The van der Waals surface area contributed by atoms with Crippen LogP contribution in [0.3, 0.4) is 0 Å². The van der Waals surface area contributed by atoms with E-state index in [2.05, 4.69) is 10.6 Å². The van der Waals surface area contributed by atoms with Crippen LogP contribution < -0.4 is 10.6 Å². The van der Waals surface area contributed by atoms with Gasteiger partial charge in [-0.3, -0.25) is 14.5 Å². The van der Waals surface area contributed by atoms with Crippen molar-refractivity contribution in [2.75, 3.05) is 31.7 Å². The average molecular weight is 406 g/mol. The minimum Gasteiger partial charge on any atom is -0.348 e. The lowest BCUT2D eigenvalue weighted by atomic mass is 10.1. The van der Waals surface area contributed by atoms with Gasteiger partial charge < -0.3 is 10.6 Å². The third-order valence-corrected chi connectivity index (χ3v) is 5.10. The molecule has 1 atom stereocenters. The highest BCUT2D eigenvalue weighted by atomic mass is 35.5. The zero-order chi connectivity index (χ0) is 19.8. The fourth-order valence-corrected chi connectivity index (χ4v) is 3.53. The molecule has 2 rings (SSSR count). The van der Waals surface area contributed by atoms with Crippen LogP contribution in [0.5, 0.6) is 0 Å². The fourth-order valence-electron chi connectivity index (χ4n) is 2.67. The summed E-state index contributed by atoms with van der Waals surface area (Å²) in [5, 5.41) is 6.41. The Morgan fingerprint density at radius 2 is 1.70 bits per heavy atom. The lowest BCUT2D eigenvalue weighted by Crippen LogP contribution is -2.39. The number of amides is 2. The summed E-state index contributed by atoms with van der Waals surface area (Å²) in [6, 6.07) is 14.8.